The van der Waals surface area contributed by atoms with E-state index in [1.54, 1.807) is 0 Å². The van der Waals surface area contributed by atoms with Gasteiger partial charge in [-0.3, -0.25) is 0 Å². The van der Waals surface area contributed by atoms with E-state index < -0.39 is 24.4 Å². The number of epoxide rings is 3. The minimum Gasteiger partial charge on any atom is -0.395 e. The maximum absolute atomic E-state index is 8.98. The van der Waals surface area contributed by atoms with E-state index in [4.69, 9.17) is 131 Å². The Morgan fingerprint density at radius 1 is 0.519 bits per heavy atom. The van der Waals surface area contributed by atoms with Crippen LogP contribution in [0.15, 0.2) is 0 Å². The Hall–Kier alpha value is 3.38. The number of aliphatic hydroxyl groups is 7. The summed E-state index contributed by atoms with van der Waals surface area (Å²) >= 11 is 46.4. The number of halogens is 7. The summed E-state index contributed by atoms with van der Waals surface area (Å²) in [4.78, 5) is 0. The van der Waals surface area contributed by atoms with Crippen LogP contribution in [0.3, 0.4) is 0 Å². The van der Waals surface area contributed by atoms with Gasteiger partial charge in [0.15, 0.2) is 0 Å². The molecular weight excluding hydrogens is 929 g/mol. The molecule has 5 heterocycles. The van der Waals surface area contributed by atoms with E-state index in [0.29, 0.717) is 41.6 Å². The average Bonchev–Trinajstić information content (AvgIpc) is 3.98. The Balaban J connectivity index is 0. The number of thioether (sulfide) groups is 5. The minimum atomic E-state index is -0.954. The molecule has 0 radical (unpaired) electrons. The molecule has 316 valence electrons. The third-order valence-corrected chi connectivity index (χ3v) is 14.2. The molecule has 52 heavy (non-hydrogen) atoms. The third-order valence-electron chi connectivity index (χ3n) is 5.52. The van der Waals surface area contributed by atoms with Crippen molar-refractivity contribution in [3.05, 3.63) is 0 Å². The van der Waals surface area contributed by atoms with Crippen LogP contribution >= 0.6 is 140 Å². The quantitative estimate of drug-likeness (QED) is 0.0649. The van der Waals surface area contributed by atoms with Gasteiger partial charge in [-0.25, -0.2) is 0 Å². The molecule has 7 N–H and O–H groups in total. The molecule has 0 bridgehead atoms. The molecule has 0 saturated carbocycles. The largest absolute Gasteiger partial charge is 0.395 e. The number of hydrogen-bond acceptors (Lipinski definition) is 15. The summed E-state index contributed by atoms with van der Waals surface area (Å²) in [6, 6.07) is 0. The van der Waals surface area contributed by atoms with E-state index >= 15 is 0 Å². The lowest BCUT2D eigenvalue weighted by Gasteiger charge is -2.08. The zero-order chi connectivity index (χ0) is 39.6. The minimum absolute atomic E-state index is 0.0367. The first-order valence-corrected chi connectivity index (χ1v) is 25.5. The van der Waals surface area contributed by atoms with Gasteiger partial charge in [-0.05, 0) is 0 Å². The van der Waals surface area contributed by atoms with Gasteiger partial charge in [0.25, 0.3) is 0 Å². The molecule has 10 nitrogen and oxygen atoms in total. The molecule has 8 unspecified atom stereocenters. The Morgan fingerprint density at radius 2 is 0.885 bits per heavy atom. The highest BCUT2D eigenvalue weighted by Crippen LogP contribution is 2.37. The molecule has 22 heteroatoms. The van der Waals surface area contributed by atoms with E-state index in [1.165, 1.54) is 46.3 Å². The second-order valence-electron chi connectivity index (χ2n) is 11.1. The summed E-state index contributed by atoms with van der Waals surface area (Å²) in [5, 5.41) is 60.3. The van der Waals surface area contributed by atoms with Crippen LogP contribution in [-0.4, -0.2) is 215 Å². The fraction of sp³-hybridized carbons (Fsp3) is 1.00. The number of hydrogen-bond donors (Lipinski definition) is 7. The molecule has 0 spiro atoms. The predicted octanol–water partition coefficient (Wildman–Crippen LogP) is 3.99. The van der Waals surface area contributed by atoms with Crippen molar-refractivity contribution in [2.45, 2.75) is 58.6 Å². The lowest BCUT2D eigenvalue weighted by molar-refractivity contribution is 0.0450. The van der Waals surface area contributed by atoms with E-state index in [1.807, 2.05) is 11.8 Å². The highest BCUT2D eigenvalue weighted by Gasteiger charge is 2.27. The number of rotatable bonds is 21. The van der Waals surface area contributed by atoms with E-state index in [0.717, 1.165) is 30.3 Å². The van der Waals surface area contributed by atoms with Crippen LogP contribution in [0.5, 0.6) is 0 Å². The summed E-state index contributed by atoms with van der Waals surface area (Å²) in [6.45, 7) is 2.08. The normalized spacial score (nSPS) is 24.1. The molecule has 5 saturated heterocycles. The first kappa shape index (κ1) is 57.5. The molecule has 5 rings (SSSR count). The van der Waals surface area contributed by atoms with Crippen molar-refractivity contribution in [1.29, 1.82) is 0 Å². The first-order chi connectivity index (χ1) is 25.0. The Kier molecular flexibility index (Phi) is 45.5. The van der Waals surface area contributed by atoms with Gasteiger partial charge in [-0.1, -0.05) is 0 Å². The van der Waals surface area contributed by atoms with Crippen LogP contribution in [0.25, 0.3) is 0 Å². The summed E-state index contributed by atoms with van der Waals surface area (Å²) in [6.07, 6.45) is -0.897. The van der Waals surface area contributed by atoms with Crippen molar-refractivity contribution >= 4 is 140 Å². The van der Waals surface area contributed by atoms with Crippen LogP contribution in [0.4, 0.5) is 0 Å². The van der Waals surface area contributed by atoms with Gasteiger partial charge in [0.05, 0.1) is 87.5 Å². The smallest absolute Gasteiger partial charge is 0.100 e. The molecule has 5 aliphatic rings. The van der Waals surface area contributed by atoms with Crippen molar-refractivity contribution in [3.8, 4) is 0 Å². The standard InChI is InChI=1S/C6H12Cl2O2S.C6H10O2S.C6H10S3.2C3H6Cl2O.C3H5ClO.C3H8O3/c7-1-5(9)3-11-4-6(10)2-8;1-5(7-1)3-9-4-6-2-8-6;1(5-3-8-5)7-2-6-4-9-6;4-1-3(5)2-6;4-1-3(6)2-5;4-1-3-2-5-3;4-1-3(6)2-5/h5-6,9-10H,1-4H2;2*5-6H,1-4H2;2*3,6H,1-2H2;3H,1-2H2;3-6H,1-2H2. The molecule has 0 aromatic rings. The van der Waals surface area contributed by atoms with E-state index in [2.05, 4.69) is 35.3 Å². The molecular formula is C30H57Cl7O10S5. The van der Waals surface area contributed by atoms with Crippen LogP contribution in [0.1, 0.15) is 0 Å². The maximum atomic E-state index is 8.98. The Bertz CT molecular complexity index is 648. The van der Waals surface area contributed by atoms with Crippen molar-refractivity contribution in [2.24, 2.45) is 0 Å². The zero-order valence-electron chi connectivity index (χ0n) is 29.0. The van der Waals surface area contributed by atoms with Crippen LogP contribution in [-0.2, 0) is 14.2 Å². The molecule has 0 amide bonds. The van der Waals surface area contributed by atoms with E-state index in [9.17, 15) is 0 Å². The van der Waals surface area contributed by atoms with Gasteiger partial charge in [0.1, 0.15) is 6.10 Å². The fourth-order valence-electron chi connectivity index (χ4n) is 2.05. The first-order valence-electron chi connectivity index (χ1n) is 16.3. The van der Waals surface area contributed by atoms with Gasteiger partial charge in [0, 0.05) is 85.9 Å². The lowest BCUT2D eigenvalue weighted by atomic mass is 10.4. The summed E-state index contributed by atoms with van der Waals surface area (Å²) in [5.41, 5.74) is 0. The number of aliphatic hydroxyl groups excluding tert-OH is 7. The zero-order valence-corrected chi connectivity index (χ0v) is 38.3. The second kappa shape index (κ2) is 41.1. The highest BCUT2D eigenvalue weighted by molar-refractivity contribution is 8.10. The van der Waals surface area contributed by atoms with Gasteiger partial charge >= 0.3 is 0 Å². The maximum Gasteiger partial charge on any atom is 0.100 e. The van der Waals surface area contributed by atoms with Crippen LogP contribution in [0, 0.1) is 0 Å². The molecule has 5 aliphatic heterocycles. The van der Waals surface area contributed by atoms with E-state index in [-0.39, 0.29) is 48.7 Å². The summed E-state index contributed by atoms with van der Waals surface area (Å²) < 4.78 is 14.8. The lowest BCUT2D eigenvalue weighted by Crippen LogP contribution is -2.16. The van der Waals surface area contributed by atoms with Crippen molar-refractivity contribution < 1.29 is 50.0 Å². The fourth-order valence-corrected chi connectivity index (χ4v) is 8.15. The van der Waals surface area contributed by atoms with Gasteiger partial charge in [-0.15, -0.1) is 81.2 Å². The van der Waals surface area contributed by atoms with Crippen molar-refractivity contribution in [3.63, 3.8) is 0 Å². The monoisotopic (exact) mass is 982 g/mol. The highest BCUT2D eigenvalue weighted by atomic mass is 35.5. The second-order valence-corrected chi connectivity index (χ2v) is 19.4. The third kappa shape index (κ3) is 49.5. The van der Waals surface area contributed by atoms with Crippen LogP contribution in [0.2, 0.25) is 0 Å². The predicted molar refractivity (Wildman–Crippen MR) is 233 cm³/mol. The molecule has 0 aromatic heterocycles. The van der Waals surface area contributed by atoms with Crippen molar-refractivity contribution in [1.82, 2.24) is 0 Å². The molecule has 5 fully saturated rings. The van der Waals surface area contributed by atoms with Gasteiger partial charge in [-0.2, -0.15) is 58.8 Å². The average molecular weight is 986 g/mol. The van der Waals surface area contributed by atoms with Gasteiger partial charge in [0.2, 0.25) is 0 Å². The molecule has 0 aliphatic carbocycles. The van der Waals surface area contributed by atoms with Gasteiger partial charge < -0.3 is 50.0 Å². The van der Waals surface area contributed by atoms with Crippen molar-refractivity contribution in [2.75, 3.05) is 121 Å². The topological polar surface area (TPSA) is 179 Å². The molecule has 0 aromatic carbocycles. The Morgan fingerprint density at radius 3 is 1.06 bits per heavy atom. The molecule has 8 atom stereocenters. The SMILES string of the molecule is C(SCC1CS1)C1CS1.C1OC1CSCC1CO1.ClCC1CO1.OC(CCl)CCl.OC(CCl)CSCC(O)CCl.OCC(Cl)CCl.OCC(O)CO. The summed E-state index contributed by atoms with van der Waals surface area (Å²) in [5.74, 6) is 11.1. The van der Waals surface area contributed by atoms with Crippen LogP contribution < -0.4 is 0 Å². The number of ether oxygens (including phenoxy) is 3. The summed E-state index contributed by atoms with van der Waals surface area (Å²) in [7, 11) is 0. The number of alkyl halides is 7. The Labute approximate surface area is 366 Å².